The molecule has 2 rings (SSSR count). The van der Waals surface area contributed by atoms with E-state index in [0.29, 0.717) is 5.92 Å². The molecule has 0 saturated heterocycles. The van der Waals surface area contributed by atoms with Gasteiger partial charge in [0, 0.05) is 5.92 Å². The van der Waals surface area contributed by atoms with Crippen LogP contribution in [0, 0.1) is 11.8 Å². The van der Waals surface area contributed by atoms with Gasteiger partial charge in [0.2, 0.25) is 0 Å². The average Bonchev–Trinajstić information content (AvgIpc) is 2.37. The van der Waals surface area contributed by atoms with Crippen LogP contribution in [-0.2, 0) is 0 Å². The van der Waals surface area contributed by atoms with Gasteiger partial charge in [-0.2, -0.15) is 0 Å². The third kappa shape index (κ3) is 7.03. The molecule has 0 unspecified atom stereocenters. The third-order valence-corrected chi connectivity index (χ3v) is 4.84. The van der Waals surface area contributed by atoms with Gasteiger partial charge in [-0.05, 0) is 66.2 Å². The largest absolute Gasteiger partial charge is 0.390 e. The van der Waals surface area contributed by atoms with Crippen LogP contribution in [0.2, 0.25) is 0 Å². The minimum absolute atomic E-state index is 0.178. The first-order chi connectivity index (χ1) is 10.3. The topological polar surface area (TPSA) is 60.7 Å². The van der Waals surface area contributed by atoms with Crippen molar-refractivity contribution in [2.75, 3.05) is 0 Å². The van der Waals surface area contributed by atoms with Crippen LogP contribution < -0.4 is 0 Å². The van der Waals surface area contributed by atoms with E-state index in [4.69, 9.17) is 0 Å². The number of rotatable bonds is 2. The molecule has 132 valence electrons. The third-order valence-electron chi connectivity index (χ3n) is 4.84. The smallest absolute Gasteiger partial charge is 0.0800 e. The molecule has 2 aliphatic carbocycles. The fourth-order valence-corrected chi connectivity index (χ4v) is 2.90. The summed E-state index contributed by atoms with van der Waals surface area (Å²) in [6.45, 7) is 13.2. The Morgan fingerprint density at radius 3 is 1.83 bits per heavy atom. The molecular formula is C20H34O3. The van der Waals surface area contributed by atoms with Crippen LogP contribution in [0.4, 0.5) is 0 Å². The van der Waals surface area contributed by atoms with Crippen LogP contribution in [0.3, 0.4) is 0 Å². The lowest BCUT2D eigenvalue weighted by atomic mass is 9.79. The molecule has 0 radical (unpaired) electrons. The highest BCUT2D eigenvalue weighted by molar-refractivity contribution is 5.14. The summed E-state index contributed by atoms with van der Waals surface area (Å²) in [5.74, 6) is 0.660. The summed E-state index contributed by atoms with van der Waals surface area (Å²) >= 11 is 0. The lowest BCUT2D eigenvalue weighted by Crippen LogP contribution is -2.35. The van der Waals surface area contributed by atoms with Crippen molar-refractivity contribution in [2.45, 2.75) is 77.1 Å². The van der Waals surface area contributed by atoms with Crippen molar-refractivity contribution < 1.29 is 15.3 Å². The van der Waals surface area contributed by atoms with E-state index >= 15 is 0 Å². The summed E-state index contributed by atoms with van der Waals surface area (Å²) in [6.07, 6.45) is 11.1. The summed E-state index contributed by atoms with van der Waals surface area (Å²) in [6, 6.07) is 0. The van der Waals surface area contributed by atoms with Gasteiger partial charge >= 0.3 is 0 Å². The van der Waals surface area contributed by atoms with Crippen molar-refractivity contribution in [1.82, 2.24) is 0 Å². The summed E-state index contributed by atoms with van der Waals surface area (Å²) in [7, 11) is 0. The Balaban J connectivity index is 0.000000231. The predicted molar refractivity (Wildman–Crippen MR) is 96.1 cm³/mol. The van der Waals surface area contributed by atoms with E-state index < -0.39 is 16.8 Å². The molecule has 0 saturated carbocycles. The van der Waals surface area contributed by atoms with Crippen molar-refractivity contribution >= 4 is 0 Å². The molecule has 0 aromatic rings. The highest BCUT2D eigenvalue weighted by Crippen LogP contribution is 2.31. The van der Waals surface area contributed by atoms with Gasteiger partial charge in [-0.25, -0.2) is 0 Å². The normalized spacial score (nSPS) is 37.0. The van der Waals surface area contributed by atoms with E-state index in [1.54, 1.807) is 13.0 Å². The molecule has 3 nitrogen and oxygen atoms in total. The minimum Gasteiger partial charge on any atom is -0.390 e. The molecule has 0 fully saturated rings. The molecule has 0 aliphatic heterocycles. The van der Waals surface area contributed by atoms with Crippen molar-refractivity contribution in [3.63, 3.8) is 0 Å². The van der Waals surface area contributed by atoms with E-state index in [-0.39, 0.29) is 5.92 Å². The molecule has 0 aromatic heterocycles. The fraction of sp³-hybridized carbons (Fsp3) is 0.700. The fourth-order valence-electron chi connectivity index (χ4n) is 2.90. The lowest BCUT2D eigenvalue weighted by molar-refractivity contribution is 0.0114. The van der Waals surface area contributed by atoms with Crippen LogP contribution in [-0.4, -0.2) is 32.1 Å². The second-order valence-corrected chi connectivity index (χ2v) is 8.22. The Morgan fingerprint density at radius 2 is 1.52 bits per heavy atom. The summed E-state index contributed by atoms with van der Waals surface area (Å²) in [5.41, 5.74) is -0.711. The zero-order valence-electron chi connectivity index (χ0n) is 15.3. The molecule has 23 heavy (non-hydrogen) atoms. The van der Waals surface area contributed by atoms with Crippen molar-refractivity contribution in [3.8, 4) is 0 Å². The first-order valence-corrected chi connectivity index (χ1v) is 8.54. The molecule has 3 heteroatoms. The zero-order valence-corrected chi connectivity index (χ0v) is 15.3. The average molecular weight is 322 g/mol. The van der Waals surface area contributed by atoms with E-state index in [0.717, 1.165) is 25.7 Å². The van der Waals surface area contributed by atoms with Gasteiger partial charge in [-0.1, -0.05) is 36.5 Å². The Labute approximate surface area is 141 Å². The number of hydrogen-bond acceptors (Lipinski definition) is 3. The van der Waals surface area contributed by atoms with Crippen molar-refractivity contribution in [1.29, 1.82) is 0 Å². The van der Waals surface area contributed by atoms with Crippen LogP contribution in [0.15, 0.2) is 36.5 Å². The van der Waals surface area contributed by atoms with Gasteiger partial charge in [0.15, 0.2) is 0 Å². The highest BCUT2D eigenvalue weighted by atomic mass is 16.3. The van der Waals surface area contributed by atoms with Gasteiger partial charge in [0.05, 0.1) is 16.8 Å². The molecule has 0 aromatic carbocycles. The SMILES string of the molecule is C=C(C)[C@H]1C=C[C@@](C)(O)CC1.CC(C)(O)[C@H]1C=C[C@@](C)(O)CC1. The van der Waals surface area contributed by atoms with Crippen LogP contribution in [0.25, 0.3) is 0 Å². The first-order valence-electron chi connectivity index (χ1n) is 8.54. The van der Waals surface area contributed by atoms with Gasteiger partial charge < -0.3 is 15.3 Å². The second kappa shape index (κ2) is 7.33. The molecule has 0 amide bonds. The maximum atomic E-state index is 9.68. The van der Waals surface area contributed by atoms with Gasteiger partial charge in [0.1, 0.15) is 0 Å². The van der Waals surface area contributed by atoms with Gasteiger partial charge in [0.25, 0.3) is 0 Å². The van der Waals surface area contributed by atoms with Gasteiger partial charge in [-0.15, -0.1) is 0 Å². The van der Waals surface area contributed by atoms with Crippen LogP contribution >= 0.6 is 0 Å². The number of aliphatic hydroxyl groups is 3. The molecule has 3 N–H and O–H groups in total. The Bertz CT molecular complexity index is 464. The predicted octanol–water partition coefficient (Wildman–Crippen LogP) is 3.75. The standard InChI is InChI=1S/C10H18O2.C10H16O/c1-9(2,11)8-4-6-10(3,12)7-5-8;1-8(2)9-4-6-10(3,11)7-5-9/h4,6,8,11-12H,5,7H2,1-3H3;4,6,9,11H,1,5,7H2,2-3H3/t8-,10+;9-,10+/m00/s1. The van der Waals surface area contributed by atoms with E-state index in [9.17, 15) is 15.3 Å². The maximum Gasteiger partial charge on any atom is 0.0800 e. The molecule has 4 atom stereocenters. The molecule has 0 heterocycles. The Kier molecular flexibility index (Phi) is 6.42. The lowest BCUT2D eigenvalue weighted by Gasteiger charge is -2.33. The zero-order chi connectivity index (χ0) is 17.9. The molecule has 0 spiro atoms. The number of hydrogen-bond donors (Lipinski definition) is 3. The minimum atomic E-state index is -0.665. The Hall–Kier alpha value is -0.900. The molecular weight excluding hydrogens is 288 g/mol. The van der Waals surface area contributed by atoms with Crippen LogP contribution in [0.5, 0.6) is 0 Å². The number of allylic oxidation sites excluding steroid dienone is 2. The Morgan fingerprint density at radius 1 is 1.04 bits per heavy atom. The van der Waals surface area contributed by atoms with E-state index in [1.807, 2.05) is 39.8 Å². The van der Waals surface area contributed by atoms with Gasteiger partial charge in [-0.3, -0.25) is 0 Å². The summed E-state index contributed by atoms with van der Waals surface area (Å²) in [4.78, 5) is 0. The summed E-state index contributed by atoms with van der Waals surface area (Å²) < 4.78 is 0. The van der Waals surface area contributed by atoms with E-state index in [1.165, 1.54) is 5.57 Å². The quantitative estimate of drug-likeness (QED) is 0.679. The second-order valence-electron chi connectivity index (χ2n) is 8.22. The van der Waals surface area contributed by atoms with Crippen molar-refractivity contribution in [2.24, 2.45) is 11.8 Å². The molecule has 0 bridgehead atoms. The highest BCUT2D eigenvalue weighted by Gasteiger charge is 2.31. The van der Waals surface area contributed by atoms with Crippen molar-refractivity contribution in [3.05, 3.63) is 36.5 Å². The van der Waals surface area contributed by atoms with E-state index in [2.05, 4.69) is 12.7 Å². The maximum absolute atomic E-state index is 9.68. The molecule has 2 aliphatic rings. The first kappa shape index (κ1) is 20.1. The van der Waals surface area contributed by atoms with Crippen LogP contribution in [0.1, 0.15) is 60.3 Å². The summed E-state index contributed by atoms with van der Waals surface area (Å²) in [5, 5.41) is 28.8. The monoisotopic (exact) mass is 322 g/mol.